The van der Waals surface area contributed by atoms with E-state index in [-0.39, 0.29) is 12.4 Å². The lowest BCUT2D eigenvalue weighted by Crippen LogP contribution is -2.45. The van der Waals surface area contributed by atoms with Crippen LogP contribution in [-0.4, -0.2) is 47.5 Å². The van der Waals surface area contributed by atoms with Gasteiger partial charge in [0.05, 0.1) is 0 Å². The third-order valence-electron chi connectivity index (χ3n) is 2.86. The van der Waals surface area contributed by atoms with Gasteiger partial charge in [-0.15, -0.1) is 23.7 Å². The number of nitrogen functional groups attached to an aromatic ring is 1. The van der Waals surface area contributed by atoms with Gasteiger partial charge in [-0.2, -0.15) is 0 Å². The second-order valence-corrected chi connectivity index (χ2v) is 5.02. The molecule has 0 spiro atoms. The van der Waals surface area contributed by atoms with Gasteiger partial charge in [0, 0.05) is 43.8 Å². The number of likely N-dealkylation sites (N-methyl/N-ethyl adjacent to an activating group) is 1. The van der Waals surface area contributed by atoms with Crippen LogP contribution in [0, 0.1) is 0 Å². The van der Waals surface area contributed by atoms with Gasteiger partial charge in [-0.05, 0) is 6.54 Å². The Morgan fingerprint density at radius 2 is 1.94 bits per heavy atom. The Morgan fingerprint density at radius 3 is 2.44 bits per heavy atom. The minimum absolute atomic E-state index is 0. The van der Waals surface area contributed by atoms with E-state index >= 15 is 0 Å². The van der Waals surface area contributed by atoms with E-state index < -0.39 is 0 Å². The molecule has 1 aromatic heterocycles. The summed E-state index contributed by atoms with van der Waals surface area (Å²) in [4.78, 5) is 10.3. The van der Waals surface area contributed by atoms with Crippen LogP contribution in [-0.2, 0) is 6.54 Å². The molecular weight excluding hydrogens is 244 g/mol. The number of anilines is 1. The lowest BCUT2D eigenvalue weighted by molar-refractivity contribution is 0.133. The number of hydrogen-bond donors (Lipinski definition) is 1. The summed E-state index contributed by atoms with van der Waals surface area (Å²) < 4.78 is 0. The van der Waals surface area contributed by atoms with Crippen molar-refractivity contribution in [1.82, 2.24) is 14.8 Å². The van der Waals surface area contributed by atoms with Crippen LogP contribution in [0.4, 0.5) is 5.13 Å². The maximum Gasteiger partial charge on any atom is 0.180 e. The van der Waals surface area contributed by atoms with Crippen molar-refractivity contribution in [1.29, 1.82) is 0 Å². The maximum absolute atomic E-state index is 5.61. The molecule has 16 heavy (non-hydrogen) atoms. The van der Waals surface area contributed by atoms with Crippen LogP contribution in [0.5, 0.6) is 0 Å². The molecule has 0 aliphatic carbocycles. The highest BCUT2D eigenvalue weighted by Gasteiger charge is 2.15. The Morgan fingerprint density at radius 1 is 1.31 bits per heavy atom. The lowest BCUT2D eigenvalue weighted by Gasteiger charge is -2.33. The van der Waals surface area contributed by atoms with Crippen LogP contribution >= 0.6 is 23.7 Å². The van der Waals surface area contributed by atoms with E-state index in [4.69, 9.17) is 5.73 Å². The van der Waals surface area contributed by atoms with Crippen LogP contribution in [0.3, 0.4) is 0 Å². The zero-order chi connectivity index (χ0) is 10.7. The normalized spacial score (nSPS) is 18.3. The first kappa shape index (κ1) is 13.7. The minimum Gasteiger partial charge on any atom is -0.375 e. The molecule has 2 rings (SSSR count). The van der Waals surface area contributed by atoms with Crippen molar-refractivity contribution in [2.75, 3.05) is 38.5 Å². The fourth-order valence-electron chi connectivity index (χ4n) is 1.88. The Hall–Kier alpha value is -0.360. The van der Waals surface area contributed by atoms with E-state index in [1.807, 2.05) is 6.20 Å². The number of rotatable bonds is 3. The molecule has 6 heteroatoms. The smallest absolute Gasteiger partial charge is 0.180 e. The predicted molar refractivity (Wildman–Crippen MR) is 71.2 cm³/mol. The van der Waals surface area contributed by atoms with Gasteiger partial charge in [-0.25, -0.2) is 4.98 Å². The van der Waals surface area contributed by atoms with Crippen molar-refractivity contribution in [2.24, 2.45) is 0 Å². The van der Waals surface area contributed by atoms with Gasteiger partial charge in [0.2, 0.25) is 0 Å². The Kier molecular flexibility index (Phi) is 5.48. The molecule has 4 nitrogen and oxygen atoms in total. The fourth-order valence-corrected chi connectivity index (χ4v) is 2.61. The summed E-state index contributed by atoms with van der Waals surface area (Å²) in [5.41, 5.74) is 5.61. The molecule has 1 aromatic rings. The number of thiazole rings is 1. The molecule has 92 valence electrons. The quantitative estimate of drug-likeness (QED) is 0.892. The summed E-state index contributed by atoms with van der Waals surface area (Å²) >= 11 is 1.60. The van der Waals surface area contributed by atoms with Gasteiger partial charge in [0.1, 0.15) is 0 Å². The average molecular weight is 263 g/mol. The summed E-state index contributed by atoms with van der Waals surface area (Å²) in [5.74, 6) is 0. The number of hydrogen-bond acceptors (Lipinski definition) is 5. The summed E-state index contributed by atoms with van der Waals surface area (Å²) in [7, 11) is 0. The van der Waals surface area contributed by atoms with Gasteiger partial charge in [-0.3, -0.25) is 4.90 Å². The molecule has 1 saturated heterocycles. The summed E-state index contributed by atoms with van der Waals surface area (Å²) in [6, 6.07) is 0. The zero-order valence-electron chi connectivity index (χ0n) is 9.56. The van der Waals surface area contributed by atoms with Crippen LogP contribution in [0.1, 0.15) is 11.8 Å². The SMILES string of the molecule is CCN1CCN(Cc2cnc(N)s2)CC1.Cl. The number of aromatic nitrogens is 1. The van der Waals surface area contributed by atoms with Gasteiger partial charge in [0.15, 0.2) is 5.13 Å². The van der Waals surface area contributed by atoms with Gasteiger partial charge >= 0.3 is 0 Å². The highest BCUT2D eigenvalue weighted by atomic mass is 35.5. The monoisotopic (exact) mass is 262 g/mol. The second-order valence-electron chi connectivity index (χ2n) is 3.88. The molecule has 0 unspecified atom stereocenters. The molecule has 0 saturated carbocycles. The first-order valence-corrected chi connectivity index (χ1v) is 6.24. The number of nitrogens with zero attached hydrogens (tertiary/aromatic N) is 3. The van der Waals surface area contributed by atoms with Crippen molar-refractivity contribution >= 4 is 28.9 Å². The highest BCUT2D eigenvalue weighted by Crippen LogP contribution is 2.17. The van der Waals surface area contributed by atoms with Gasteiger partial charge in [0.25, 0.3) is 0 Å². The molecule has 0 bridgehead atoms. The fraction of sp³-hybridized carbons (Fsp3) is 0.700. The van der Waals surface area contributed by atoms with E-state index in [1.165, 1.54) is 24.5 Å². The van der Waals surface area contributed by atoms with Crippen molar-refractivity contribution in [3.63, 3.8) is 0 Å². The van der Waals surface area contributed by atoms with Gasteiger partial charge < -0.3 is 10.6 Å². The molecule has 0 atom stereocenters. The van der Waals surface area contributed by atoms with Crippen LogP contribution in [0.2, 0.25) is 0 Å². The van der Waals surface area contributed by atoms with E-state index in [1.54, 1.807) is 11.3 Å². The first-order valence-electron chi connectivity index (χ1n) is 5.43. The molecule has 1 aliphatic heterocycles. The minimum atomic E-state index is 0. The Bertz CT molecular complexity index is 310. The molecule has 0 radical (unpaired) electrons. The van der Waals surface area contributed by atoms with E-state index in [0.717, 1.165) is 19.6 Å². The van der Waals surface area contributed by atoms with Crippen molar-refractivity contribution in [3.05, 3.63) is 11.1 Å². The summed E-state index contributed by atoms with van der Waals surface area (Å²) in [5, 5.41) is 0.678. The van der Waals surface area contributed by atoms with E-state index in [2.05, 4.69) is 21.7 Å². The Balaban J connectivity index is 0.00000128. The van der Waals surface area contributed by atoms with Crippen LogP contribution in [0.15, 0.2) is 6.20 Å². The molecule has 0 amide bonds. The molecule has 2 N–H and O–H groups in total. The second kappa shape index (κ2) is 6.39. The lowest BCUT2D eigenvalue weighted by atomic mass is 10.3. The Labute approximate surface area is 107 Å². The van der Waals surface area contributed by atoms with Crippen molar-refractivity contribution in [2.45, 2.75) is 13.5 Å². The van der Waals surface area contributed by atoms with Crippen LogP contribution in [0.25, 0.3) is 0 Å². The average Bonchev–Trinajstić information content (AvgIpc) is 2.65. The molecule has 1 aliphatic rings. The highest BCUT2D eigenvalue weighted by molar-refractivity contribution is 7.15. The molecule has 1 fully saturated rings. The standard InChI is InChI=1S/C10H18N4S.ClH/c1-2-13-3-5-14(6-4-13)8-9-7-12-10(11)15-9;/h7H,2-6,8H2,1H3,(H2,11,12);1H. The molecular formula is C10H19ClN4S. The van der Waals surface area contributed by atoms with Crippen LogP contribution < -0.4 is 5.73 Å². The first-order chi connectivity index (χ1) is 7.28. The molecule has 0 aromatic carbocycles. The van der Waals surface area contributed by atoms with Gasteiger partial charge in [-0.1, -0.05) is 6.92 Å². The molecule has 2 heterocycles. The largest absolute Gasteiger partial charge is 0.375 e. The van der Waals surface area contributed by atoms with Crippen molar-refractivity contribution in [3.8, 4) is 0 Å². The van der Waals surface area contributed by atoms with Crippen molar-refractivity contribution < 1.29 is 0 Å². The predicted octanol–water partition coefficient (Wildman–Crippen LogP) is 1.28. The third kappa shape index (κ3) is 3.59. The maximum atomic E-state index is 5.61. The summed E-state index contributed by atoms with van der Waals surface area (Å²) in [6.07, 6.45) is 1.90. The topological polar surface area (TPSA) is 45.4 Å². The number of piperazine rings is 1. The number of halogens is 1. The van der Waals surface area contributed by atoms with E-state index in [9.17, 15) is 0 Å². The zero-order valence-corrected chi connectivity index (χ0v) is 11.2. The third-order valence-corrected chi connectivity index (χ3v) is 3.67. The van der Waals surface area contributed by atoms with E-state index in [0.29, 0.717) is 5.13 Å². The summed E-state index contributed by atoms with van der Waals surface area (Å²) in [6.45, 7) is 9.08. The number of nitrogens with two attached hydrogens (primary N) is 1.